The average Bonchev–Trinajstić information content (AvgIpc) is 2.33. The maximum atomic E-state index is 5.97. The predicted octanol–water partition coefficient (Wildman–Crippen LogP) is 4.58. The molecule has 0 amide bonds. The van der Waals surface area contributed by atoms with Crippen molar-refractivity contribution in [3.63, 3.8) is 0 Å². The highest BCUT2D eigenvalue weighted by Crippen LogP contribution is 2.29. The Hall–Kier alpha value is -0.540. The Morgan fingerprint density at radius 2 is 1.89 bits per heavy atom. The SMILES string of the molecule is COc1ccccc1C(CBr)OCCC(C)(C)C. The first-order valence-electron chi connectivity index (χ1n) is 6.28. The first-order valence-corrected chi connectivity index (χ1v) is 7.40. The molecule has 1 aromatic carbocycles. The van der Waals surface area contributed by atoms with Crippen molar-refractivity contribution in [2.75, 3.05) is 19.0 Å². The van der Waals surface area contributed by atoms with E-state index in [0.717, 1.165) is 29.7 Å². The molecule has 2 nitrogen and oxygen atoms in total. The van der Waals surface area contributed by atoms with E-state index in [1.54, 1.807) is 7.11 Å². The van der Waals surface area contributed by atoms with E-state index in [1.165, 1.54) is 0 Å². The normalized spacial score (nSPS) is 13.4. The lowest BCUT2D eigenvalue weighted by molar-refractivity contribution is 0.0507. The van der Waals surface area contributed by atoms with Crippen LogP contribution in [0.15, 0.2) is 24.3 Å². The molecule has 0 fully saturated rings. The fraction of sp³-hybridized carbons (Fsp3) is 0.600. The van der Waals surface area contributed by atoms with Crippen molar-refractivity contribution in [3.05, 3.63) is 29.8 Å². The van der Waals surface area contributed by atoms with E-state index in [1.807, 2.05) is 18.2 Å². The molecule has 1 rings (SSSR count). The zero-order valence-corrected chi connectivity index (χ0v) is 13.3. The fourth-order valence-electron chi connectivity index (χ4n) is 1.66. The van der Waals surface area contributed by atoms with Gasteiger partial charge in [-0.25, -0.2) is 0 Å². The van der Waals surface area contributed by atoms with Crippen molar-refractivity contribution in [2.45, 2.75) is 33.3 Å². The lowest BCUT2D eigenvalue weighted by Crippen LogP contribution is -2.13. The molecule has 1 aromatic rings. The minimum atomic E-state index is 0.0449. The molecule has 0 N–H and O–H groups in total. The van der Waals surface area contributed by atoms with Gasteiger partial charge in [0, 0.05) is 17.5 Å². The van der Waals surface area contributed by atoms with E-state index in [-0.39, 0.29) is 6.10 Å². The molecule has 0 aliphatic rings. The van der Waals surface area contributed by atoms with Crippen LogP contribution >= 0.6 is 15.9 Å². The second kappa shape index (κ2) is 7.15. The van der Waals surface area contributed by atoms with Gasteiger partial charge in [0.2, 0.25) is 0 Å². The summed E-state index contributed by atoms with van der Waals surface area (Å²) in [5, 5.41) is 0.775. The molecular weight excluding hydrogens is 292 g/mol. The Morgan fingerprint density at radius 1 is 1.22 bits per heavy atom. The van der Waals surface area contributed by atoms with E-state index in [9.17, 15) is 0 Å². The molecule has 0 bridgehead atoms. The molecule has 3 heteroatoms. The second-order valence-electron chi connectivity index (χ2n) is 5.57. The van der Waals surface area contributed by atoms with Crippen LogP contribution in [0, 0.1) is 5.41 Å². The molecule has 102 valence electrons. The summed E-state index contributed by atoms with van der Waals surface area (Å²) in [6, 6.07) is 8.02. The molecule has 1 atom stereocenters. The Kier molecular flexibility index (Phi) is 6.16. The van der Waals surface area contributed by atoms with E-state index in [0.29, 0.717) is 5.41 Å². The Labute approximate surface area is 119 Å². The van der Waals surface area contributed by atoms with Gasteiger partial charge < -0.3 is 9.47 Å². The lowest BCUT2D eigenvalue weighted by atomic mass is 9.93. The van der Waals surface area contributed by atoms with Gasteiger partial charge in [0.1, 0.15) is 5.75 Å². The topological polar surface area (TPSA) is 18.5 Å². The van der Waals surface area contributed by atoms with Gasteiger partial charge in [0.05, 0.1) is 13.2 Å². The zero-order chi connectivity index (χ0) is 13.6. The number of benzene rings is 1. The third-order valence-corrected chi connectivity index (χ3v) is 3.39. The lowest BCUT2D eigenvalue weighted by Gasteiger charge is -2.22. The average molecular weight is 315 g/mol. The summed E-state index contributed by atoms with van der Waals surface area (Å²) in [7, 11) is 1.69. The number of rotatable bonds is 6. The molecule has 0 aliphatic carbocycles. The second-order valence-corrected chi connectivity index (χ2v) is 6.21. The molecular formula is C15H23BrO2. The number of ether oxygens (including phenoxy) is 2. The number of halogens is 1. The maximum absolute atomic E-state index is 5.97. The zero-order valence-electron chi connectivity index (χ0n) is 11.7. The largest absolute Gasteiger partial charge is 0.496 e. The van der Waals surface area contributed by atoms with Crippen LogP contribution < -0.4 is 4.74 Å². The highest BCUT2D eigenvalue weighted by atomic mass is 79.9. The maximum Gasteiger partial charge on any atom is 0.124 e. The third kappa shape index (κ3) is 4.99. The molecule has 0 spiro atoms. The van der Waals surface area contributed by atoms with Crippen LogP contribution in [0.5, 0.6) is 5.75 Å². The van der Waals surface area contributed by atoms with Gasteiger partial charge in [-0.15, -0.1) is 0 Å². The van der Waals surface area contributed by atoms with Crippen LogP contribution in [0.1, 0.15) is 38.9 Å². The van der Waals surface area contributed by atoms with Crippen LogP contribution in [-0.2, 0) is 4.74 Å². The summed E-state index contributed by atoms with van der Waals surface area (Å²) in [5.41, 5.74) is 1.41. The Morgan fingerprint density at radius 3 is 2.44 bits per heavy atom. The predicted molar refractivity (Wildman–Crippen MR) is 79.6 cm³/mol. The quantitative estimate of drug-likeness (QED) is 0.715. The van der Waals surface area contributed by atoms with Gasteiger partial charge in [-0.05, 0) is 17.9 Å². The van der Waals surface area contributed by atoms with Crippen LogP contribution in [0.3, 0.4) is 0 Å². The monoisotopic (exact) mass is 314 g/mol. The van der Waals surface area contributed by atoms with Crippen LogP contribution in [0.2, 0.25) is 0 Å². The summed E-state index contributed by atoms with van der Waals surface area (Å²) in [6.45, 7) is 7.44. The standard InChI is InChI=1S/C15H23BrO2/c1-15(2,3)9-10-18-14(11-16)12-7-5-6-8-13(12)17-4/h5-8,14H,9-11H2,1-4H3. The molecule has 0 saturated heterocycles. The summed E-state index contributed by atoms with van der Waals surface area (Å²) >= 11 is 3.52. The van der Waals surface area contributed by atoms with Crippen molar-refractivity contribution >= 4 is 15.9 Å². The number of hydrogen-bond donors (Lipinski definition) is 0. The molecule has 0 saturated carbocycles. The van der Waals surface area contributed by atoms with Gasteiger partial charge in [0.15, 0.2) is 0 Å². The van der Waals surface area contributed by atoms with Crippen LogP contribution in [0.4, 0.5) is 0 Å². The van der Waals surface area contributed by atoms with Gasteiger partial charge in [-0.3, -0.25) is 0 Å². The summed E-state index contributed by atoms with van der Waals surface area (Å²) < 4.78 is 11.3. The molecule has 1 unspecified atom stereocenters. The fourth-order valence-corrected chi connectivity index (χ4v) is 2.19. The van der Waals surface area contributed by atoms with Crippen molar-refractivity contribution in [2.24, 2.45) is 5.41 Å². The summed E-state index contributed by atoms with van der Waals surface area (Å²) in [5.74, 6) is 0.887. The van der Waals surface area contributed by atoms with E-state index >= 15 is 0 Å². The van der Waals surface area contributed by atoms with Crippen LogP contribution in [0.25, 0.3) is 0 Å². The molecule has 18 heavy (non-hydrogen) atoms. The van der Waals surface area contributed by atoms with Gasteiger partial charge >= 0.3 is 0 Å². The van der Waals surface area contributed by atoms with E-state index < -0.39 is 0 Å². The van der Waals surface area contributed by atoms with Gasteiger partial charge in [-0.1, -0.05) is 54.9 Å². The van der Waals surface area contributed by atoms with Crippen molar-refractivity contribution in [1.82, 2.24) is 0 Å². The molecule has 0 radical (unpaired) electrons. The van der Waals surface area contributed by atoms with Gasteiger partial charge in [0.25, 0.3) is 0 Å². The number of methoxy groups -OCH3 is 1. The summed E-state index contributed by atoms with van der Waals surface area (Å²) in [4.78, 5) is 0. The molecule has 0 aromatic heterocycles. The highest BCUT2D eigenvalue weighted by molar-refractivity contribution is 9.09. The Balaban J connectivity index is 2.65. The molecule has 0 aliphatic heterocycles. The minimum Gasteiger partial charge on any atom is -0.496 e. The Bertz CT molecular complexity index is 358. The smallest absolute Gasteiger partial charge is 0.124 e. The van der Waals surface area contributed by atoms with Crippen molar-refractivity contribution < 1.29 is 9.47 Å². The third-order valence-electron chi connectivity index (χ3n) is 2.80. The highest BCUT2D eigenvalue weighted by Gasteiger charge is 2.17. The number of hydrogen-bond acceptors (Lipinski definition) is 2. The minimum absolute atomic E-state index is 0.0449. The van der Waals surface area contributed by atoms with Gasteiger partial charge in [-0.2, -0.15) is 0 Å². The van der Waals surface area contributed by atoms with Crippen molar-refractivity contribution in [1.29, 1.82) is 0 Å². The van der Waals surface area contributed by atoms with Crippen LogP contribution in [-0.4, -0.2) is 19.0 Å². The summed E-state index contributed by atoms with van der Waals surface area (Å²) in [6.07, 6.45) is 1.09. The number of para-hydroxylation sites is 1. The molecule has 0 heterocycles. The van der Waals surface area contributed by atoms with E-state index in [2.05, 4.69) is 42.8 Å². The first kappa shape index (κ1) is 15.5. The van der Waals surface area contributed by atoms with E-state index in [4.69, 9.17) is 9.47 Å². The van der Waals surface area contributed by atoms with Crippen molar-refractivity contribution in [3.8, 4) is 5.75 Å². The first-order chi connectivity index (χ1) is 8.48. The number of alkyl halides is 1.